The summed E-state index contributed by atoms with van der Waals surface area (Å²) in [5, 5.41) is 2.86. The maximum Gasteiger partial charge on any atom is 0.264 e. The Balaban J connectivity index is 1.37. The molecule has 1 saturated heterocycles. The van der Waals surface area contributed by atoms with E-state index in [1.807, 2.05) is 37.3 Å². The Kier molecular flexibility index (Phi) is 10.9. The number of benzene rings is 3. The standard InChI is InChI=1S/C36H44N4O6/c1-5-46-24-33(41)37-18-10-15-29(27-16-17-31(44-3)32(23-27)45-4)40-35(42)28-13-9-14-30(34(28)36(40)43)39-21-19-38(20-22-39)25(2)26-11-7-6-8-12-26/h6-9,11-14,16-17,23,25,29H,5,10,15,18-22,24H2,1-4H3,(H,37,41). The molecule has 2 atom stereocenters. The predicted octanol–water partition coefficient (Wildman–Crippen LogP) is 4.86. The first-order chi connectivity index (χ1) is 22.4. The number of hydrogen-bond acceptors (Lipinski definition) is 8. The van der Waals surface area contributed by atoms with Gasteiger partial charge in [-0.15, -0.1) is 0 Å². The fourth-order valence-electron chi connectivity index (χ4n) is 6.40. The van der Waals surface area contributed by atoms with Gasteiger partial charge in [-0.2, -0.15) is 0 Å². The minimum absolute atomic E-state index is 0.00375. The van der Waals surface area contributed by atoms with Crippen LogP contribution in [0.1, 0.15) is 70.6 Å². The summed E-state index contributed by atoms with van der Waals surface area (Å²) in [7, 11) is 3.12. The highest BCUT2D eigenvalue weighted by Gasteiger charge is 2.43. The van der Waals surface area contributed by atoms with Gasteiger partial charge in [-0.05, 0) is 62.1 Å². The molecule has 0 saturated carbocycles. The van der Waals surface area contributed by atoms with Crippen LogP contribution in [0, 0.1) is 0 Å². The smallest absolute Gasteiger partial charge is 0.264 e. The zero-order valence-corrected chi connectivity index (χ0v) is 27.2. The lowest BCUT2D eigenvalue weighted by Crippen LogP contribution is -2.47. The van der Waals surface area contributed by atoms with E-state index in [1.165, 1.54) is 10.5 Å². The summed E-state index contributed by atoms with van der Waals surface area (Å²) in [4.78, 5) is 46.5. The first-order valence-corrected chi connectivity index (χ1v) is 16.0. The molecule has 10 heteroatoms. The summed E-state index contributed by atoms with van der Waals surface area (Å²) in [5.41, 5.74) is 3.69. The monoisotopic (exact) mass is 628 g/mol. The van der Waals surface area contributed by atoms with Crippen molar-refractivity contribution in [3.8, 4) is 11.5 Å². The molecule has 2 aliphatic rings. The number of nitrogens with one attached hydrogen (secondary N) is 1. The number of ether oxygens (including phenoxy) is 3. The van der Waals surface area contributed by atoms with E-state index in [2.05, 4.69) is 46.3 Å². The van der Waals surface area contributed by atoms with Gasteiger partial charge in [0.1, 0.15) is 6.61 Å². The molecule has 0 radical (unpaired) electrons. The van der Waals surface area contributed by atoms with Crippen molar-refractivity contribution in [3.63, 3.8) is 0 Å². The largest absolute Gasteiger partial charge is 0.493 e. The minimum atomic E-state index is -0.576. The highest BCUT2D eigenvalue weighted by atomic mass is 16.5. The van der Waals surface area contributed by atoms with Crippen LogP contribution in [0.3, 0.4) is 0 Å². The Hall–Kier alpha value is -4.41. The number of anilines is 1. The molecule has 10 nitrogen and oxygen atoms in total. The number of amides is 3. The summed E-state index contributed by atoms with van der Waals surface area (Å²) < 4.78 is 16.2. The molecule has 3 amide bonds. The Morgan fingerprint density at radius 3 is 2.30 bits per heavy atom. The fraction of sp³-hybridized carbons (Fsp3) is 0.417. The van der Waals surface area contributed by atoms with Gasteiger partial charge in [0.05, 0.1) is 37.1 Å². The highest BCUT2D eigenvalue weighted by Crippen LogP contribution is 2.40. The molecule has 2 heterocycles. The molecule has 2 unspecified atom stereocenters. The highest BCUT2D eigenvalue weighted by molar-refractivity contribution is 6.24. The minimum Gasteiger partial charge on any atom is -0.493 e. The van der Waals surface area contributed by atoms with Crippen molar-refractivity contribution in [2.75, 3.05) is 65.1 Å². The second kappa shape index (κ2) is 15.2. The zero-order valence-electron chi connectivity index (χ0n) is 27.2. The Bertz CT molecular complexity index is 1520. The second-order valence-electron chi connectivity index (χ2n) is 11.5. The van der Waals surface area contributed by atoms with Gasteiger partial charge >= 0.3 is 0 Å². The van der Waals surface area contributed by atoms with E-state index in [0.717, 1.165) is 37.4 Å². The third kappa shape index (κ3) is 7.03. The average molecular weight is 629 g/mol. The van der Waals surface area contributed by atoms with E-state index < -0.39 is 6.04 Å². The molecule has 2 aliphatic heterocycles. The lowest BCUT2D eigenvalue weighted by molar-refractivity contribution is -0.125. The molecule has 0 aromatic heterocycles. The number of rotatable bonds is 14. The van der Waals surface area contributed by atoms with E-state index >= 15 is 0 Å². The van der Waals surface area contributed by atoms with Gasteiger partial charge in [0, 0.05) is 45.4 Å². The number of fused-ring (bicyclic) bond motifs is 1. The fourth-order valence-corrected chi connectivity index (χ4v) is 6.40. The van der Waals surface area contributed by atoms with Crippen molar-refractivity contribution in [1.82, 2.24) is 15.1 Å². The topological polar surface area (TPSA) is 101 Å². The third-order valence-electron chi connectivity index (χ3n) is 8.93. The van der Waals surface area contributed by atoms with E-state index in [4.69, 9.17) is 14.2 Å². The summed E-state index contributed by atoms with van der Waals surface area (Å²) >= 11 is 0. The zero-order chi connectivity index (χ0) is 32.6. The van der Waals surface area contributed by atoms with E-state index in [1.54, 1.807) is 26.4 Å². The van der Waals surface area contributed by atoms with E-state index in [9.17, 15) is 14.4 Å². The van der Waals surface area contributed by atoms with Gasteiger partial charge in [0.15, 0.2) is 11.5 Å². The molecule has 244 valence electrons. The van der Waals surface area contributed by atoms with Crippen molar-refractivity contribution in [2.45, 2.75) is 38.8 Å². The van der Waals surface area contributed by atoms with Gasteiger partial charge in [-0.1, -0.05) is 42.5 Å². The van der Waals surface area contributed by atoms with Crippen LogP contribution in [-0.2, 0) is 9.53 Å². The van der Waals surface area contributed by atoms with E-state index in [-0.39, 0.29) is 30.4 Å². The van der Waals surface area contributed by atoms with Crippen molar-refractivity contribution in [2.24, 2.45) is 0 Å². The van der Waals surface area contributed by atoms with Crippen LogP contribution in [0.15, 0.2) is 66.7 Å². The van der Waals surface area contributed by atoms with Gasteiger partial charge in [0.2, 0.25) is 5.91 Å². The maximum atomic E-state index is 14.3. The summed E-state index contributed by atoms with van der Waals surface area (Å²) in [5.74, 6) is 0.232. The molecule has 0 spiro atoms. The van der Waals surface area contributed by atoms with Crippen LogP contribution in [0.4, 0.5) is 5.69 Å². The SMILES string of the molecule is CCOCC(=O)NCCCC(c1ccc(OC)c(OC)c1)N1C(=O)c2cccc(N3CCN(C(C)c4ccccc4)CC3)c2C1=O. The number of piperazine rings is 1. The first-order valence-electron chi connectivity index (χ1n) is 16.0. The number of nitrogens with zero attached hydrogens (tertiary/aromatic N) is 3. The summed E-state index contributed by atoms with van der Waals surface area (Å²) in [6.07, 6.45) is 0.986. The van der Waals surface area contributed by atoms with Crippen LogP contribution in [-0.4, -0.2) is 87.7 Å². The molecule has 0 aliphatic carbocycles. The second-order valence-corrected chi connectivity index (χ2v) is 11.5. The first kappa shape index (κ1) is 33.0. The number of imide groups is 1. The van der Waals surface area contributed by atoms with Gasteiger partial charge in [-0.25, -0.2) is 0 Å². The third-order valence-corrected chi connectivity index (χ3v) is 8.93. The molecule has 3 aromatic rings. The number of carbonyl (C=O) groups is 3. The van der Waals surface area contributed by atoms with Crippen molar-refractivity contribution < 1.29 is 28.6 Å². The molecular weight excluding hydrogens is 584 g/mol. The summed E-state index contributed by atoms with van der Waals surface area (Å²) in [6, 6.07) is 21.2. The molecule has 0 bridgehead atoms. The lowest BCUT2D eigenvalue weighted by atomic mass is 9.99. The summed E-state index contributed by atoms with van der Waals surface area (Å²) in [6.45, 7) is 8.07. The number of carbonyl (C=O) groups excluding carboxylic acids is 3. The lowest BCUT2D eigenvalue weighted by Gasteiger charge is -2.39. The normalized spacial score (nSPS) is 16.3. The van der Waals surface area contributed by atoms with Gasteiger partial charge in [-0.3, -0.25) is 24.2 Å². The van der Waals surface area contributed by atoms with Crippen molar-refractivity contribution >= 4 is 23.4 Å². The molecule has 3 aromatic carbocycles. The number of methoxy groups -OCH3 is 2. The van der Waals surface area contributed by atoms with Crippen LogP contribution in [0.2, 0.25) is 0 Å². The van der Waals surface area contributed by atoms with Crippen LogP contribution >= 0.6 is 0 Å². The quantitative estimate of drug-likeness (QED) is 0.200. The van der Waals surface area contributed by atoms with Crippen molar-refractivity contribution in [3.05, 3.63) is 89.0 Å². The average Bonchev–Trinajstić information content (AvgIpc) is 3.36. The Labute approximate surface area is 271 Å². The molecule has 46 heavy (non-hydrogen) atoms. The predicted molar refractivity (Wildman–Crippen MR) is 177 cm³/mol. The molecule has 1 fully saturated rings. The van der Waals surface area contributed by atoms with Crippen LogP contribution in [0.25, 0.3) is 0 Å². The molecular formula is C36H44N4O6. The van der Waals surface area contributed by atoms with E-state index in [0.29, 0.717) is 48.6 Å². The van der Waals surface area contributed by atoms with Crippen LogP contribution in [0.5, 0.6) is 11.5 Å². The van der Waals surface area contributed by atoms with Gasteiger partial charge in [0.25, 0.3) is 11.8 Å². The van der Waals surface area contributed by atoms with Crippen LogP contribution < -0.4 is 19.7 Å². The molecule has 5 rings (SSSR count). The number of hydrogen-bond donors (Lipinski definition) is 1. The Morgan fingerprint density at radius 2 is 1.61 bits per heavy atom. The Morgan fingerprint density at radius 1 is 0.870 bits per heavy atom. The molecule has 1 N–H and O–H groups in total. The van der Waals surface area contributed by atoms with Gasteiger partial charge < -0.3 is 24.4 Å². The maximum absolute atomic E-state index is 14.3. The van der Waals surface area contributed by atoms with Crippen molar-refractivity contribution in [1.29, 1.82) is 0 Å².